The number of aromatic amines is 1. The molecule has 0 aliphatic heterocycles. The van der Waals surface area contributed by atoms with E-state index in [9.17, 15) is 4.79 Å². The number of hydrogen-bond donors (Lipinski definition) is 2. The molecule has 1 rings (SSSR count). The van der Waals surface area contributed by atoms with Gasteiger partial charge in [0.2, 0.25) is 0 Å². The second kappa shape index (κ2) is 3.64. The summed E-state index contributed by atoms with van der Waals surface area (Å²) in [6, 6.07) is 1.90. The summed E-state index contributed by atoms with van der Waals surface area (Å²) < 4.78 is 0. The maximum atomic E-state index is 11.4. The third kappa shape index (κ3) is 1.91. The standard InChI is InChI=1S/C10H16N2O/c1-4-7-5-8(6(2)3)10(13)12-9(7)11/h5-6H,4H2,1-3H3,(H3,11,12,13). The molecule has 0 saturated heterocycles. The van der Waals surface area contributed by atoms with Crippen molar-refractivity contribution in [1.29, 1.82) is 0 Å². The number of aromatic nitrogens is 1. The van der Waals surface area contributed by atoms with Gasteiger partial charge in [-0.25, -0.2) is 0 Å². The van der Waals surface area contributed by atoms with E-state index in [1.165, 1.54) is 0 Å². The van der Waals surface area contributed by atoms with Crippen molar-refractivity contribution < 1.29 is 0 Å². The van der Waals surface area contributed by atoms with Crippen molar-refractivity contribution in [2.24, 2.45) is 0 Å². The van der Waals surface area contributed by atoms with E-state index in [0.29, 0.717) is 5.82 Å². The Morgan fingerprint density at radius 3 is 2.62 bits per heavy atom. The largest absolute Gasteiger partial charge is 0.385 e. The third-order valence-corrected chi connectivity index (χ3v) is 2.19. The fourth-order valence-electron chi connectivity index (χ4n) is 1.33. The lowest BCUT2D eigenvalue weighted by molar-refractivity contribution is 0.839. The first-order valence-corrected chi connectivity index (χ1v) is 4.57. The number of nitrogens with one attached hydrogen (secondary N) is 1. The van der Waals surface area contributed by atoms with Crippen LogP contribution in [0.5, 0.6) is 0 Å². The van der Waals surface area contributed by atoms with Gasteiger partial charge in [-0.2, -0.15) is 0 Å². The Morgan fingerprint density at radius 2 is 2.15 bits per heavy atom. The normalized spacial score (nSPS) is 10.8. The molecule has 0 saturated carbocycles. The molecule has 3 nitrogen and oxygen atoms in total. The number of nitrogen functional groups attached to an aromatic ring is 1. The van der Waals surface area contributed by atoms with Gasteiger partial charge >= 0.3 is 0 Å². The molecule has 0 aliphatic carbocycles. The molecule has 72 valence electrons. The average molecular weight is 180 g/mol. The molecule has 0 aliphatic rings. The van der Waals surface area contributed by atoms with Gasteiger partial charge in [-0.15, -0.1) is 0 Å². The van der Waals surface area contributed by atoms with Gasteiger partial charge < -0.3 is 10.7 Å². The Kier molecular flexibility index (Phi) is 2.76. The van der Waals surface area contributed by atoms with Gasteiger partial charge in [-0.3, -0.25) is 4.79 Å². The fraction of sp³-hybridized carbons (Fsp3) is 0.500. The molecule has 3 heteroatoms. The number of rotatable bonds is 2. The van der Waals surface area contributed by atoms with Crippen LogP contribution in [0.3, 0.4) is 0 Å². The second-order valence-corrected chi connectivity index (χ2v) is 3.50. The molecule has 0 fully saturated rings. The minimum Gasteiger partial charge on any atom is -0.385 e. The van der Waals surface area contributed by atoms with Crippen LogP contribution in [-0.2, 0) is 6.42 Å². The van der Waals surface area contributed by atoms with Crippen molar-refractivity contribution in [2.75, 3.05) is 5.73 Å². The Balaban J connectivity index is 3.31. The van der Waals surface area contributed by atoms with Gasteiger partial charge in [0.1, 0.15) is 5.82 Å². The summed E-state index contributed by atoms with van der Waals surface area (Å²) in [5.41, 5.74) is 7.41. The van der Waals surface area contributed by atoms with Crippen molar-refractivity contribution in [1.82, 2.24) is 4.98 Å². The van der Waals surface area contributed by atoms with E-state index in [1.807, 2.05) is 26.8 Å². The summed E-state index contributed by atoms with van der Waals surface area (Å²) >= 11 is 0. The van der Waals surface area contributed by atoms with E-state index in [-0.39, 0.29) is 11.5 Å². The fourth-order valence-corrected chi connectivity index (χ4v) is 1.33. The summed E-state index contributed by atoms with van der Waals surface area (Å²) in [6.45, 7) is 6.02. The lowest BCUT2D eigenvalue weighted by Crippen LogP contribution is -2.17. The van der Waals surface area contributed by atoms with E-state index in [2.05, 4.69) is 4.98 Å². The molecule has 1 aromatic heterocycles. The summed E-state index contributed by atoms with van der Waals surface area (Å²) in [5, 5.41) is 0. The smallest absolute Gasteiger partial charge is 0.252 e. The molecule has 0 unspecified atom stereocenters. The Labute approximate surface area is 78.0 Å². The molecule has 0 amide bonds. The van der Waals surface area contributed by atoms with Crippen molar-refractivity contribution in [3.8, 4) is 0 Å². The molecular weight excluding hydrogens is 164 g/mol. The molecular formula is C10H16N2O. The van der Waals surface area contributed by atoms with Crippen LogP contribution in [0.2, 0.25) is 0 Å². The van der Waals surface area contributed by atoms with Gasteiger partial charge in [0.05, 0.1) is 0 Å². The van der Waals surface area contributed by atoms with E-state index in [1.54, 1.807) is 0 Å². The first kappa shape index (κ1) is 9.84. The predicted octanol–water partition coefficient (Wildman–Crippen LogP) is 1.64. The molecule has 13 heavy (non-hydrogen) atoms. The van der Waals surface area contributed by atoms with Crippen molar-refractivity contribution in [3.63, 3.8) is 0 Å². The number of aryl methyl sites for hydroxylation is 1. The van der Waals surface area contributed by atoms with Gasteiger partial charge in [-0.1, -0.05) is 20.8 Å². The molecule has 1 aromatic rings. The van der Waals surface area contributed by atoms with Crippen molar-refractivity contribution in [3.05, 3.63) is 27.5 Å². The summed E-state index contributed by atoms with van der Waals surface area (Å²) in [4.78, 5) is 14.1. The predicted molar refractivity (Wildman–Crippen MR) is 54.9 cm³/mol. The first-order chi connectivity index (χ1) is 6.06. The third-order valence-electron chi connectivity index (χ3n) is 2.19. The molecule has 0 atom stereocenters. The van der Waals surface area contributed by atoms with Crippen LogP contribution in [0.4, 0.5) is 5.82 Å². The Hall–Kier alpha value is -1.25. The van der Waals surface area contributed by atoms with Gasteiger partial charge in [0.15, 0.2) is 0 Å². The minimum atomic E-state index is -0.0651. The topological polar surface area (TPSA) is 58.9 Å². The molecule has 0 bridgehead atoms. The van der Waals surface area contributed by atoms with Gasteiger partial charge in [-0.05, 0) is 24.0 Å². The lowest BCUT2D eigenvalue weighted by atomic mass is 10.0. The Bertz CT molecular complexity index is 352. The van der Waals surface area contributed by atoms with Crippen LogP contribution in [-0.4, -0.2) is 4.98 Å². The zero-order chi connectivity index (χ0) is 10.0. The maximum absolute atomic E-state index is 11.4. The van der Waals surface area contributed by atoms with Crippen molar-refractivity contribution in [2.45, 2.75) is 33.1 Å². The second-order valence-electron chi connectivity index (χ2n) is 3.50. The zero-order valence-electron chi connectivity index (χ0n) is 8.35. The minimum absolute atomic E-state index is 0.0651. The number of hydrogen-bond acceptors (Lipinski definition) is 2. The molecule has 3 N–H and O–H groups in total. The monoisotopic (exact) mass is 180 g/mol. The van der Waals surface area contributed by atoms with Gasteiger partial charge in [0.25, 0.3) is 5.56 Å². The molecule has 1 heterocycles. The number of H-pyrrole nitrogens is 1. The Morgan fingerprint density at radius 1 is 1.54 bits per heavy atom. The highest BCUT2D eigenvalue weighted by Gasteiger charge is 2.07. The summed E-state index contributed by atoms with van der Waals surface area (Å²) in [5.74, 6) is 0.742. The maximum Gasteiger partial charge on any atom is 0.252 e. The van der Waals surface area contributed by atoms with E-state index < -0.39 is 0 Å². The average Bonchev–Trinajstić information content (AvgIpc) is 2.03. The van der Waals surface area contributed by atoms with Crippen LogP contribution in [0.1, 0.15) is 37.8 Å². The quantitative estimate of drug-likeness (QED) is 0.727. The van der Waals surface area contributed by atoms with Crippen LogP contribution in [0.15, 0.2) is 10.9 Å². The van der Waals surface area contributed by atoms with Crippen LogP contribution >= 0.6 is 0 Å². The van der Waals surface area contributed by atoms with E-state index in [0.717, 1.165) is 17.5 Å². The molecule has 0 spiro atoms. The molecule has 0 aromatic carbocycles. The van der Waals surface area contributed by atoms with Crippen LogP contribution in [0.25, 0.3) is 0 Å². The highest BCUT2D eigenvalue weighted by atomic mass is 16.1. The zero-order valence-corrected chi connectivity index (χ0v) is 8.35. The summed E-state index contributed by atoms with van der Waals surface area (Å²) in [7, 11) is 0. The van der Waals surface area contributed by atoms with Crippen LogP contribution in [0, 0.1) is 0 Å². The van der Waals surface area contributed by atoms with Crippen LogP contribution < -0.4 is 11.3 Å². The number of nitrogens with two attached hydrogens (primary N) is 1. The number of anilines is 1. The van der Waals surface area contributed by atoms with Crippen molar-refractivity contribution >= 4 is 5.82 Å². The highest BCUT2D eigenvalue weighted by molar-refractivity contribution is 5.41. The van der Waals surface area contributed by atoms with E-state index >= 15 is 0 Å². The SMILES string of the molecule is CCc1cc(C(C)C)c(=O)[nH]c1N. The van der Waals surface area contributed by atoms with Gasteiger partial charge in [0, 0.05) is 5.56 Å². The number of pyridine rings is 1. The molecule has 0 radical (unpaired) electrons. The van der Waals surface area contributed by atoms with E-state index in [4.69, 9.17) is 5.73 Å². The summed E-state index contributed by atoms with van der Waals surface area (Å²) in [6.07, 6.45) is 0.850. The lowest BCUT2D eigenvalue weighted by Gasteiger charge is -2.08. The highest BCUT2D eigenvalue weighted by Crippen LogP contribution is 2.14. The first-order valence-electron chi connectivity index (χ1n) is 4.57.